The van der Waals surface area contributed by atoms with Gasteiger partial charge in [-0.05, 0) is 6.92 Å². The Morgan fingerprint density at radius 3 is 2.44 bits per heavy atom. The van der Waals surface area contributed by atoms with E-state index in [1.165, 1.54) is 4.90 Å². The van der Waals surface area contributed by atoms with Crippen LogP contribution in [0, 0.1) is 0 Å². The molecule has 0 aromatic carbocycles. The summed E-state index contributed by atoms with van der Waals surface area (Å²) < 4.78 is 5.18. The van der Waals surface area contributed by atoms with Gasteiger partial charge in [-0.25, -0.2) is 0 Å². The van der Waals surface area contributed by atoms with Gasteiger partial charge in [0.05, 0.1) is 26.3 Å². The van der Waals surface area contributed by atoms with Crippen molar-refractivity contribution in [3.05, 3.63) is 0 Å². The Labute approximate surface area is 95.3 Å². The van der Waals surface area contributed by atoms with Crippen LogP contribution in [-0.2, 0) is 14.3 Å². The summed E-state index contributed by atoms with van der Waals surface area (Å²) in [6, 6.07) is 0. The van der Waals surface area contributed by atoms with E-state index in [1.807, 2.05) is 6.92 Å². The highest BCUT2D eigenvalue weighted by atomic mass is 16.5. The number of ether oxygens (including phenoxy) is 1. The standard InChI is InChI=1S/C10H19N3O3/c1-2-12-7-10(15)13(8-9(12)14)4-6-16-5-3-11/h2-8,11H2,1H3. The summed E-state index contributed by atoms with van der Waals surface area (Å²) in [4.78, 5) is 26.3. The lowest BCUT2D eigenvalue weighted by molar-refractivity contribution is -0.150. The predicted octanol–water partition coefficient (Wildman–Crippen LogP) is -1.35. The molecule has 6 nitrogen and oxygen atoms in total. The third-order valence-corrected chi connectivity index (χ3v) is 2.51. The Bertz CT molecular complexity index is 258. The van der Waals surface area contributed by atoms with Crippen LogP contribution in [0.1, 0.15) is 6.92 Å². The smallest absolute Gasteiger partial charge is 0.242 e. The Hall–Kier alpha value is -1.14. The first-order valence-electron chi connectivity index (χ1n) is 5.52. The predicted molar refractivity (Wildman–Crippen MR) is 58.7 cm³/mol. The molecule has 0 aromatic heterocycles. The Morgan fingerprint density at radius 2 is 1.81 bits per heavy atom. The molecule has 0 atom stereocenters. The van der Waals surface area contributed by atoms with Gasteiger partial charge in [-0.15, -0.1) is 0 Å². The van der Waals surface area contributed by atoms with E-state index in [1.54, 1.807) is 4.90 Å². The van der Waals surface area contributed by atoms with Crippen molar-refractivity contribution in [2.24, 2.45) is 5.73 Å². The van der Waals surface area contributed by atoms with Crippen LogP contribution in [0.2, 0.25) is 0 Å². The molecule has 1 heterocycles. The van der Waals surface area contributed by atoms with E-state index in [0.29, 0.717) is 32.8 Å². The number of likely N-dealkylation sites (N-methyl/N-ethyl adjacent to an activating group) is 1. The summed E-state index contributed by atoms with van der Waals surface area (Å²) in [7, 11) is 0. The number of nitrogens with two attached hydrogens (primary N) is 1. The molecule has 2 amide bonds. The van der Waals surface area contributed by atoms with Gasteiger partial charge >= 0.3 is 0 Å². The summed E-state index contributed by atoms with van der Waals surface area (Å²) in [5, 5.41) is 0. The molecule has 1 fully saturated rings. The average Bonchev–Trinajstić information content (AvgIpc) is 2.28. The zero-order valence-electron chi connectivity index (χ0n) is 9.65. The van der Waals surface area contributed by atoms with Crippen LogP contribution in [0.3, 0.4) is 0 Å². The lowest BCUT2D eigenvalue weighted by atomic mass is 10.3. The van der Waals surface area contributed by atoms with Crippen molar-refractivity contribution in [2.75, 3.05) is 45.9 Å². The number of carbonyl (C=O) groups is 2. The molecular weight excluding hydrogens is 210 g/mol. The van der Waals surface area contributed by atoms with Gasteiger partial charge in [0.15, 0.2) is 0 Å². The molecule has 0 saturated carbocycles. The molecule has 0 radical (unpaired) electrons. The molecular formula is C10H19N3O3. The molecule has 1 rings (SSSR count). The fourth-order valence-corrected chi connectivity index (χ4v) is 1.55. The highest BCUT2D eigenvalue weighted by Crippen LogP contribution is 2.04. The van der Waals surface area contributed by atoms with Crippen molar-refractivity contribution in [1.29, 1.82) is 0 Å². The van der Waals surface area contributed by atoms with Gasteiger partial charge in [0.25, 0.3) is 0 Å². The summed E-state index contributed by atoms with van der Waals surface area (Å²) in [5.74, 6) is -0.0151. The highest BCUT2D eigenvalue weighted by molar-refractivity contribution is 5.92. The van der Waals surface area contributed by atoms with Gasteiger partial charge in [0.2, 0.25) is 11.8 Å². The Morgan fingerprint density at radius 1 is 1.19 bits per heavy atom. The molecule has 0 spiro atoms. The maximum Gasteiger partial charge on any atom is 0.242 e. The molecule has 92 valence electrons. The van der Waals surface area contributed by atoms with E-state index in [4.69, 9.17) is 10.5 Å². The number of hydrogen-bond acceptors (Lipinski definition) is 4. The van der Waals surface area contributed by atoms with Crippen molar-refractivity contribution in [1.82, 2.24) is 9.80 Å². The van der Waals surface area contributed by atoms with Gasteiger partial charge in [-0.1, -0.05) is 0 Å². The molecule has 6 heteroatoms. The van der Waals surface area contributed by atoms with Gasteiger partial charge < -0.3 is 20.3 Å². The number of nitrogens with zero attached hydrogens (tertiary/aromatic N) is 2. The van der Waals surface area contributed by atoms with Crippen molar-refractivity contribution >= 4 is 11.8 Å². The summed E-state index contributed by atoms with van der Waals surface area (Å²) in [6.07, 6.45) is 0. The maximum absolute atomic E-state index is 11.6. The minimum atomic E-state index is -0.0159. The van der Waals surface area contributed by atoms with E-state index < -0.39 is 0 Å². The van der Waals surface area contributed by atoms with Crippen LogP contribution in [0.5, 0.6) is 0 Å². The number of hydrogen-bond donors (Lipinski definition) is 1. The Balaban J connectivity index is 2.32. The van der Waals surface area contributed by atoms with E-state index in [2.05, 4.69) is 0 Å². The lowest BCUT2D eigenvalue weighted by Gasteiger charge is -2.33. The van der Waals surface area contributed by atoms with Crippen LogP contribution in [-0.4, -0.2) is 67.6 Å². The van der Waals surface area contributed by atoms with Crippen molar-refractivity contribution in [3.63, 3.8) is 0 Å². The van der Waals surface area contributed by atoms with Crippen LogP contribution >= 0.6 is 0 Å². The largest absolute Gasteiger partial charge is 0.378 e. The monoisotopic (exact) mass is 229 g/mol. The normalized spacial score (nSPS) is 17.1. The fraction of sp³-hybridized carbons (Fsp3) is 0.800. The molecule has 16 heavy (non-hydrogen) atoms. The molecule has 1 saturated heterocycles. The SMILES string of the molecule is CCN1CC(=O)N(CCOCCN)CC1=O. The second kappa shape index (κ2) is 6.44. The summed E-state index contributed by atoms with van der Waals surface area (Å²) >= 11 is 0. The van der Waals surface area contributed by atoms with Crippen LogP contribution < -0.4 is 5.73 Å². The zero-order chi connectivity index (χ0) is 12.0. The average molecular weight is 229 g/mol. The van der Waals surface area contributed by atoms with Crippen molar-refractivity contribution < 1.29 is 14.3 Å². The Kier molecular flexibility index (Phi) is 5.21. The van der Waals surface area contributed by atoms with Crippen molar-refractivity contribution in [2.45, 2.75) is 6.92 Å². The fourth-order valence-electron chi connectivity index (χ4n) is 1.55. The molecule has 0 aromatic rings. The molecule has 0 unspecified atom stereocenters. The molecule has 2 N–H and O–H groups in total. The summed E-state index contributed by atoms with van der Waals surface area (Å²) in [6.45, 7) is 4.65. The number of carbonyl (C=O) groups excluding carboxylic acids is 2. The molecule has 1 aliphatic rings. The van der Waals surface area contributed by atoms with Crippen LogP contribution in [0.25, 0.3) is 0 Å². The molecule has 0 aliphatic carbocycles. The maximum atomic E-state index is 11.6. The first-order chi connectivity index (χ1) is 7.69. The third-order valence-electron chi connectivity index (χ3n) is 2.51. The van der Waals surface area contributed by atoms with E-state index in [9.17, 15) is 9.59 Å². The lowest BCUT2D eigenvalue weighted by Crippen LogP contribution is -2.54. The quantitative estimate of drug-likeness (QED) is 0.571. The van der Waals surface area contributed by atoms with E-state index >= 15 is 0 Å². The minimum absolute atomic E-state index is 0.000856. The topological polar surface area (TPSA) is 75.9 Å². The number of amides is 2. The number of piperazine rings is 1. The van der Waals surface area contributed by atoms with Gasteiger partial charge in [0, 0.05) is 19.6 Å². The minimum Gasteiger partial charge on any atom is -0.378 e. The third kappa shape index (κ3) is 3.46. The summed E-state index contributed by atoms with van der Waals surface area (Å²) in [5.41, 5.74) is 5.27. The second-order valence-electron chi connectivity index (χ2n) is 3.62. The van der Waals surface area contributed by atoms with Gasteiger partial charge in [-0.2, -0.15) is 0 Å². The van der Waals surface area contributed by atoms with E-state index in [0.717, 1.165) is 0 Å². The zero-order valence-corrected chi connectivity index (χ0v) is 9.65. The van der Waals surface area contributed by atoms with Gasteiger partial charge in [0.1, 0.15) is 0 Å². The first-order valence-corrected chi connectivity index (χ1v) is 5.52. The first kappa shape index (κ1) is 12.9. The molecule has 0 bridgehead atoms. The second-order valence-corrected chi connectivity index (χ2v) is 3.62. The number of rotatable bonds is 6. The molecule has 1 aliphatic heterocycles. The highest BCUT2D eigenvalue weighted by Gasteiger charge is 2.28. The van der Waals surface area contributed by atoms with Crippen molar-refractivity contribution in [3.8, 4) is 0 Å². The van der Waals surface area contributed by atoms with Crippen LogP contribution in [0.4, 0.5) is 0 Å². The van der Waals surface area contributed by atoms with E-state index in [-0.39, 0.29) is 24.9 Å². The van der Waals surface area contributed by atoms with Crippen LogP contribution in [0.15, 0.2) is 0 Å². The van der Waals surface area contributed by atoms with Gasteiger partial charge in [-0.3, -0.25) is 9.59 Å².